The number of rotatable bonds is 3. The van der Waals surface area contributed by atoms with Crippen LogP contribution in [0.15, 0.2) is 120 Å². The lowest BCUT2D eigenvalue weighted by atomic mass is 9.33. The fourth-order valence-electron chi connectivity index (χ4n) is 16.7. The lowest BCUT2D eigenvalue weighted by molar-refractivity contribution is 0.195. The van der Waals surface area contributed by atoms with Crippen LogP contribution in [0.2, 0.25) is 0 Å². The largest absolute Gasteiger partial charge is 0.456 e. The smallest absolute Gasteiger partial charge is 0.252 e. The minimum absolute atomic E-state index is 0.00805. The van der Waals surface area contributed by atoms with Gasteiger partial charge in [-0.1, -0.05) is 151 Å². The van der Waals surface area contributed by atoms with Crippen molar-refractivity contribution >= 4 is 90.5 Å². The Balaban J connectivity index is 1.09. The maximum absolute atomic E-state index is 6.71. The first-order valence-corrected chi connectivity index (χ1v) is 28.9. The average Bonchev–Trinajstić information content (AvgIpc) is 3.94. The summed E-state index contributed by atoms with van der Waals surface area (Å²) in [5.74, 6) is 0. The van der Waals surface area contributed by atoms with E-state index in [0.717, 1.165) is 46.9 Å². The molecule has 2 unspecified atom stereocenters. The minimum atomic E-state index is -0.0913. The number of fused-ring (bicyclic) bond motifs is 12. The van der Waals surface area contributed by atoms with Crippen molar-refractivity contribution in [2.24, 2.45) is 0 Å². The van der Waals surface area contributed by atoms with Crippen molar-refractivity contribution in [1.82, 2.24) is 0 Å². The average molecular weight is 1000 g/mol. The fourth-order valence-corrected chi connectivity index (χ4v) is 16.7. The third-order valence-corrected chi connectivity index (χ3v) is 20.9. The second-order valence-electron chi connectivity index (χ2n) is 28.8. The van der Waals surface area contributed by atoms with Gasteiger partial charge in [0.25, 0.3) is 6.71 Å². The minimum Gasteiger partial charge on any atom is -0.456 e. The zero-order valence-corrected chi connectivity index (χ0v) is 48.2. The summed E-state index contributed by atoms with van der Waals surface area (Å²) in [6.45, 7) is 36.8. The molecule has 0 bridgehead atoms. The molecule has 0 amide bonds. The van der Waals surface area contributed by atoms with Crippen molar-refractivity contribution in [3.05, 3.63) is 160 Å². The molecule has 8 aromatic rings. The van der Waals surface area contributed by atoms with Gasteiger partial charge in [0.1, 0.15) is 11.2 Å². The van der Waals surface area contributed by atoms with Gasteiger partial charge in [-0.3, -0.25) is 0 Å². The maximum atomic E-state index is 6.71. The molecule has 2 atom stereocenters. The van der Waals surface area contributed by atoms with Crippen molar-refractivity contribution in [3.63, 3.8) is 0 Å². The van der Waals surface area contributed by atoms with Crippen LogP contribution in [0, 0.1) is 13.8 Å². The van der Waals surface area contributed by atoms with E-state index in [1.807, 2.05) is 0 Å². The first kappa shape index (κ1) is 48.2. The quantitative estimate of drug-likeness (QED) is 0.165. The predicted octanol–water partition coefficient (Wildman–Crippen LogP) is 17.6. The summed E-state index contributed by atoms with van der Waals surface area (Å²) in [4.78, 5) is 8.22. The predicted molar refractivity (Wildman–Crippen MR) is 325 cm³/mol. The van der Waals surface area contributed by atoms with Gasteiger partial charge in [-0.15, -0.1) is 0 Å². The molecule has 3 aliphatic heterocycles. The van der Waals surface area contributed by atoms with E-state index in [2.05, 4.69) is 234 Å². The van der Waals surface area contributed by atoms with E-state index >= 15 is 0 Å². The molecule has 76 heavy (non-hydrogen) atoms. The van der Waals surface area contributed by atoms with Gasteiger partial charge >= 0.3 is 0 Å². The van der Waals surface area contributed by atoms with E-state index < -0.39 is 0 Å². The summed E-state index contributed by atoms with van der Waals surface area (Å²) in [6, 6.07) is 46.2. The van der Waals surface area contributed by atoms with Gasteiger partial charge < -0.3 is 19.1 Å². The van der Waals surface area contributed by atoms with E-state index in [4.69, 9.17) is 4.42 Å². The van der Waals surface area contributed by atoms with Crippen LogP contribution >= 0.6 is 0 Å². The molecular formula is C71H78BN3O. The number of furan rings is 1. The normalized spacial score (nSPS) is 23.0. The molecule has 4 heterocycles. The van der Waals surface area contributed by atoms with E-state index in [0.29, 0.717) is 0 Å². The standard InChI is InChI=1S/C71H78BN3O/c1-42-33-59-64-60(34-42)74(56-39-49-47(35-43(56)2)66(6,7)31-32-67(49,8)9)57-37-45(75-54-28-25-44(65(3,4)5)36-51(54)70(14)29-18-19-30-71(70,75)15)26-27-52(57)72(64)53-38-48-50(69(12,13)41-68(48,10)11)40-58(53)73(59)55-22-20-24-62-63(55)46-21-16-17-23-61(46)76-62/h16-17,20-28,33-40H,18-19,29-32,41H2,1-15H3. The van der Waals surface area contributed by atoms with Gasteiger partial charge in [0.15, 0.2) is 0 Å². The Hall–Kier alpha value is -6.20. The van der Waals surface area contributed by atoms with Crippen molar-refractivity contribution in [1.29, 1.82) is 0 Å². The molecule has 4 nitrogen and oxygen atoms in total. The summed E-state index contributed by atoms with van der Waals surface area (Å²) in [7, 11) is 0. The van der Waals surface area contributed by atoms with E-state index in [1.165, 1.54) is 126 Å². The van der Waals surface area contributed by atoms with Crippen molar-refractivity contribution in [2.45, 2.75) is 187 Å². The van der Waals surface area contributed by atoms with Crippen LogP contribution in [0.3, 0.4) is 0 Å². The molecule has 1 fully saturated rings. The van der Waals surface area contributed by atoms with Crippen LogP contribution in [-0.2, 0) is 32.5 Å². The lowest BCUT2D eigenvalue weighted by Crippen LogP contribution is -2.61. The number of aryl methyl sites for hydroxylation is 2. The van der Waals surface area contributed by atoms with Crippen molar-refractivity contribution in [3.8, 4) is 0 Å². The Morgan fingerprint density at radius 2 is 1.11 bits per heavy atom. The van der Waals surface area contributed by atoms with Crippen molar-refractivity contribution in [2.75, 3.05) is 14.7 Å². The van der Waals surface area contributed by atoms with Crippen LogP contribution < -0.4 is 31.1 Å². The first-order chi connectivity index (χ1) is 35.8. The molecule has 386 valence electrons. The first-order valence-electron chi connectivity index (χ1n) is 28.9. The van der Waals surface area contributed by atoms with Gasteiger partial charge in [0.2, 0.25) is 0 Å². The van der Waals surface area contributed by atoms with E-state index in [-0.39, 0.29) is 44.7 Å². The summed E-state index contributed by atoms with van der Waals surface area (Å²) in [5, 5.41) is 2.31. The van der Waals surface area contributed by atoms with Gasteiger partial charge in [0.05, 0.1) is 16.6 Å². The molecule has 5 heteroatoms. The molecule has 1 aromatic heterocycles. The van der Waals surface area contributed by atoms with Gasteiger partial charge in [0, 0.05) is 50.6 Å². The summed E-state index contributed by atoms with van der Waals surface area (Å²) in [5.41, 5.74) is 27.9. The lowest BCUT2D eigenvalue weighted by Gasteiger charge is -2.51. The third kappa shape index (κ3) is 6.38. The Labute approximate surface area is 454 Å². The molecule has 0 saturated heterocycles. The number of anilines is 8. The van der Waals surface area contributed by atoms with Crippen LogP contribution in [0.4, 0.5) is 45.5 Å². The second-order valence-corrected chi connectivity index (χ2v) is 28.8. The summed E-state index contributed by atoms with van der Waals surface area (Å²) < 4.78 is 6.71. The molecule has 1 saturated carbocycles. The molecule has 0 radical (unpaired) electrons. The Morgan fingerprint density at radius 3 is 1.83 bits per heavy atom. The number of hydrogen-bond donors (Lipinski definition) is 0. The highest BCUT2D eigenvalue weighted by Gasteiger charge is 2.58. The topological polar surface area (TPSA) is 22.9 Å². The van der Waals surface area contributed by atoms with Crippen LogP contribution in [0.1, 0.15) is 179 Å². The molecular weight excluding hydrogens is 922 g/mol. The van der Waals surface area contributed by atoms with Gasteiger partial charge in [-0.25, -0.2) is 0 Å². The molecule has 0 N–H and O–H groups in total. The number of hydrogen-bond acceptors (Lipinski definition) is 4. The van der Waals surface area contributed by atoms with Gasteiger partial charge in [-0.2, -0.15) is 0 Å². The molecule has 6 aliphatic rings. The van der Waals surface area contributed by atoms with Crippen molar-refractivity contribution < 1.29 is 4.42 Å². The molecule has 3 aliphatic carbocycles. The molecule has 0 spiro atoms. The maximum Gasteiger partial charge on any atom is 0.252 e. The van der Waals surface area contributed by atoms with E-state index in [9.17, 15) is 0 Å². The van der Waals surface area contributed by atoms with Crippen LogP contribution in [0.5, 0.6) is 0 Å². The monoisotopic (exact) mass is 1000 g/mol. The zero-order chi connectivity index (χ0) is 53.2. The van der Waals surface area contributed by atoms with Crippen LogP contribution in [-0.4, -0.2) is 12.3 Å². The highest BCUT2D eigenvalue weighted by molar-refractivity contribution is 7.00. The fraction of sp³-hybridized carbons (Fsp3) is 0.408. The van der Waals surface area contributed by atoms with E-state index in [1.54, 1.807) is 0 Å². The number of nitrogens with zero attached hydrogens (tertiary/aromatic N) is 3. The highest BCUT2D eigenvalue weighted by atomic mass is 16.3. The second kappa shape index (κ2) is 15.3. The molecule has 7 aromatic carbocycles. The summed E-state index contributed by atoms with van der Waals surface area (Å²) in [6.07, 6.45) is 8.32. The summed E-state index contributed by atoms with van der Waals surface area (Å²) >= 11 is 0. The molecule has 14 rings (SSSR count). The number of para-hydroxylation sites is 1. The van der Waals surface area contributed by atoms with Crippen LogP contribution in [0.25, 0.3) is 21.9 Å². The Bertz CT molecular complexity index is 3840. The number of benzene rings is 7. The van der Waals surface area contributed by atoms with Gasteiger partial charge in [-0.05, 0) is 202 Å². The Kier molecular flexibility index (Phi) is 9.70. The Morgan fingerprint density at radius 1 is 0.487 bits per heavy atom. The highest BCUT2D eigenvalue weighted by Crippen LogP contribution is 2.62. The SMILES string of the molecule is Cc1cc2c3c(c1)N(c1cccc4oc5ccccc5c14)c1cc4c(cc1B3c1ccc(N3c5ccc(C(C)(C)C)cc5C5(C)CCCCC35C)cc1N2c1cc2c(cc1C)C(C)(C)CCC2(C)C)C(C)(C)CC4(C)C. The zero-order valence-electron chi connectivity index (χ0n) is 48.2. The third-order valence-electron chi connectivity index (χ3n) is 20.9.